The van der Waals surface area contributed by atoms with E-state index in [1.807, 2.05) is 19.1 Å². The molecule has 1 aliphatic carbocycles. The lowest BCUT2D eigenvalue weighted by Gasteiger charge is -2.30. The highest BCUT2D eigenvalue weighted by Gasteiger charge is 2.26. The van der Waals surface area contributed by atoms with Gasteiger partial charge in [-0.15, -0.1) is 0 Å². The number of halogens is 1. The third-order valence-corrected chi connectivity index (χ3v) is 8.51. The van der Waals surface area contributed by atoms with E-state index < -0.39 is 0 Å². The first-order valence-corrected chi connectivity index (χ1v) is 14.2. The molecule has 3 heteroatoms. The highest BCUT2D eigenvalue weighted by Crippen LogP contribution is 2.38. The van der Waals surface area contributed by atoms with Gasteiger partial charge in [-0.2, -0.15) is 0 Å². The molecule has 1 saturated heterocycles. The molecule has 0 bridgehead atoms. The quantitative estimate of drug-likeness (QED) is 0.337. The van der Waals surface area contributed by atoms with Crippen molar-refractivity contribution in [3.05, 3.63) is 64.5 Å². The van der Waals surface area contributed by atoms with E-state index in [9.17, 15) is 0 Å². The van der Waals surface area contributed by atoms with Gasteiger partial charge >= 0.3 is 0 Å². The molecule has 4 rings (SSSR count). The lowest BCUT2D eigenvalue weighted by Crippen LogP contribution is -2.25. The van der Waals surface area contributed by atoms with Crippen LogP contribution in [0.1, 0.15) is 119 Å². The number of hydrogen-bond acceptors (Lipinski definition) is 2. The minimum Gasteiger partial charge on any atom is -0.489 e. The molecule has 2 unspecified atom stereocenters. The lowest BCUT2D eigenvalue weighted by molar-refractivity contribution is -0.00252. The van der Waals surface area contributed by atoms with Crippen molar-refractivity contribution >= 4 is 0 Å². The van der Waals surface area contributed by atoms with E-state index >= 15 is 4.39 Å². The van der Waals surface area contributed by atoms with Crippen molar-refractivity contribution in [1.29, 1.82) is 0 Å². The van der Waals surface area contributed by atoms with E-state index in [0.29, 0.717) is 30.8 Å². The molecule has 0 spiro atoms. The Morgan fingerprint density at radius 1 is 0.857 bits per heavy atom. The first-order valence-electron chi connectivity index (χ1n) is 14.2. The van der Waals surface area contributed by atoms with E-state index in [1.165, 1.54) is 56.9 Å². The zero-order valence-corrected chi connectivity index (χ0v) is 22.2. The van der Waals surface area contributed by atoms with E-state index in [0.717, 1.165) is 42.1 Å². The zero-order valence-electron chi connectivity index (χ0n) is 22.2. The van der Waals surface area contributed by atoms with Crippen molar-refractivity contribution in [1.82, 2.24) is 0 Å². The van der Waals surface area contributed by atoms with Crippen molar-refractivity contribution in [2.75, 3.05) is 6.61 Å². The molecule has 0 amide bonds. The first-order chi connectivity index (χ1) is 17.1. The second-order valence-electron chi connectivity index (χ2n) is 11.0. The zero-order chi connectivity index (χ0) is 24.6. The molecule has 1 saturated carbocycles. The topological polar surface area (TPSA) is 18.5 Å². The van der Waals surface area contributed by atoms with Gasteiger partial charge in [-0.25, -0.2) is 4.39 Å². The van der Waals surface area contributed by atoms with Crippen LogP contribution in [0.25, 0.3) is 0 Å². The summed E-state index contributed by atoms with van der Waals surface area (Å²) in [6.07, 6.45) is 14.0. The maximum Gasteiger partial charge on any atom is 0.130 e. The predicted octanol–water partition coefficient (Wildman–Crippen LogP) is 9.24. The predicted molar refractivity (Wildman–Crippen MR) is 143 cm³/mol. The van der Waals surface area contributed by atoms with Gasteiger partial charge < -0.3 is 9.47 Å². The third-order valence-electron chi connectivity index (χ3n) is 8.51. The van der Waals surface area contributed by atoms with Gasteiger partial charge in [0.15, 0.2) is 0 Å². The van der Waals surface area contributed by atoms with Gasteiger partial charge in [0, 0.05) is 5.92 Å². The normalized spacial score (nSPS) is 24.9. The van der Waals surface area contributed by atoms with Gasteiger partial charge in [0.05, 0.1) is 12.7 Å². The molecule has 2 aromatic rings. The molecule has 0 N–H and O–H groups in total. The van der Waals surface area contributed by atoms with Crippen LogP contribution < -0.4 is 4.74 Å². The third kappa shape index (κ3) is 6.88. The molecule has 2 atom stereocenters. The number of rotatable bonds is 10. The molecule has 0 aromatic heterocycles. The van der Waals surface area contributed by atoms with Crippen molar-refractivity contribution in [2.24, 2.45) is 5.92 Å². The van der Waals surface area contributed by atoms with Crippen LogP contribution in [0.4, 0.5) is 4.39 Å². The van der Waals surface area contributed by atoms with Crippen LogP contribution in [0.5, 0.6) is 5.75 Å². The minimum atomic E-state index is -0.0827. The van der Waals surface area contributed by atoms with Crippen LogP contribution >= 0.6 is 0 Å². The summed E-state index contributed by atoms with van der Waals surface area (Å²) in [5.74, 6) is 2.55. The summed E-state index contributed by atoms with van der Waals surface area (Å²) in [7, 11) is 0. The molecule has 2 fully saturated rings. The van der Waals surface area contributed by atoms with E-state index in [-0.39, 0.29) is 11.7 Å². The molecule has 2 aromatic carbocycles. The van der Waals surface area contributed by atoms with Crippen LogP contribution in [-0.2, 0) is 11.3 Å². The molecular formula is C32H45FO2. The van der Waals surface area contributed by atoms with Gasteiger partial charge in [0.2, 0.25) is 0 Å². The fourth-order valence-electron chi connectivity index (χ4n) is 6.12. The van der Waals surface area contributed by atoms with E-state index in [2.05, 4.69) is 38.1 Å². The van der Waals surface area contributed by atoms with Crippen LogP contribution in [0.3, 0.4) is 0 Å². The SMILES string of the molecule is CCCCC1CCC(c2ccc(COc3ccc(C4CCC(CCC)CC4)cc3)c(C)c2F)CO1. The van der Waals surface area contributed by atoms with Crippen LogP contribution in [0.2, 0.25) is 0 Å². The summed E-state index contributed by atoms with van der Waals surface area (Å²) < 4.78 is 27.4. The number of unbranched alkanes of at least 4 members (excludes halogenated alkanes) is 1. The summed E-state index contributed by atoms with van der Waals surface area (Å²) in [6, 6.07) is 12.6. The summed E-state index contributed by atoms with van der Waals surface area (Å²) in [5.41, 5.74) is 3.86. The molecule has 2 aliphatic rings. The Balaban J connectivity index is 1.29. The van der Waals surface area contributed by atoms with Gasteiger partial charge in [0.1, 0.15) is 18.2 Å². The average Bonchev–Trinajstić information content (AvgIpc) is 2.90. The Kier molecular flexibility index (Phi) is 9.66. The molecule has 2 nitrogen and oxygen atoms in total. The monoisotopic (exact) mass is 480 g/mol. The Bertz CT molecular complexity index is 906. The number of benzene rings is 2. The Morgan fingerprint density at radius 3 is 2.26 bits per heavy atom. The van der Waals surface area contributed by atoms with Gasteiger partial charge in [-0.1, -0.05) is 63.8 Å². The van der Waals surface area contributed by atoms with Crippen LogP contribution in [0.15, 0.2) is 36.4 Å². The van der Waals surface area contributed by atoms with E-state index in [1.54, 1.807) is 0 Å². The Morgan fingerprint density at radius 2 is 1.60 bits per heavy atom. The average molecular weight is 481 g/mol. The van der Waals surface area contributed by atoms with Gasteiger partial charge in [-0.3, -0.25) is 0 Å². The van der Waals surface area contributed by atoms with Gasteiger partial charge in [0.25, 0.3) is 0 Å². The Hall–Kier alpha value is -1.87. The summed E-state index contributed by atoms with van der Waals surface area (Å²) in [6.45, 7) is 7.41. The molecular weight excluding hydrogens is 435 g/mol. The van der Waals surface area contributed by atoms with Crippen molar-refractivity contribution in [2.45, 2.75) is 116 Å². The molecule has 0 radical (unpaired) electrons. The smallest absolute Gasteiger partial charge is 0.130 e. The minimum absolute atomic E-state index is 0.0827. The number of hydrogen-bond donors (Lipinski definition) is 0. The fraction of sp³-hybridized carbons (Fsp3) is 0.625. The Labute approximate surface area is 212 Å². The maximum absolute atomic E-state index is 15.3. The molecule has 192 valence electrons. The van der Waals surface area contributed by atoms with Crippen LogP contribution in [0, 0.1) is 18.7 Å². The standard InChI is InChI=1S/C32H45FO2/c1-4-6-8-29-19-15-28(22-35-29)31-20-16-27(23(3)32(31)33)21-34-30-17-13-26(14-18-30)25-11-9-24(7-5-2)10-12-25/h13-14,16-18,20,24-25,28-29H,4-12,15,19,21-22H2,1-3H3. The fourth-order valence-corrected chi connectivity index (χ4v) is 6.12. The summed E-state index contributed by atoms with van der Waals surface area (Å²) >= 11 is 0. The number of ether oxygens (including phenoxy) is 2. The molecule has 35 heavy (non-hydrogen) atoms. The van der Waals surface area contributed by atoms with Crippen molar-refractivity contribution in [3.63, 3.8) is 0 Å². The van der Waals surface area contributed by atoms with Crippen molar-refractivity contribution < 1.29 is 13.9 Å². The van der Waals surface area contributed by atoms with Crippen LogP contribution in [-0.4, -0.2) is 12.7 Å². The highest BCUT2D eigenvalue weighted by molar-refractivity contribution is 5.36. The highest BCUT2D eigenvalue weighted by atomic mass is 19.1. The second kappa shape index (κ2) is 12.9. The summed E-state index contributed by atoms with van der Waals surface area (Å²) in [5, 5.41) is 0. The van der Waals surface area contributed by atoms with E-state index in [4.69, 9.17) is 9.47 Å². The van der Waals surface area contributed by atoms with Crippen molar-refractivity contribution in [3.8, 4) is 5.75 Å². The second-order valence-corrected chi connectivity index (χ2v) is 11.0. The largest absolute Gasteiger partial charge is 0.489 e. The summed E-state index contributed by atoms with van der Waals surface area (Å²) in [4.78, 5) is 0. The molecule has 1 aliphatic heterocycles. The first kappa shape index (κ1) is 26.2. The molecule has 1 heterocycles. The lowest BCUT2D eigenvalue weighted by atomic mass is 9.77. The maximum atomic E-state index is 15.3. The van der Waals surface area contributed by atoms with Gasteiger partial charge in [-0.05, 0) is 98.1 Å².